The zero-order valence-corrected chi connectivity index (χ0v) is 11.0. The minimum Gasteiger partial charge on any atom is -0.465 e. The van der Waals surface area contributed by atoms with Crippen molar-refractivity contribution in [1.29, 1.82) is 5.41 Å². The lowest BCUT2D eigenvalue weighted by molar-refractivity contribution is -0.148. The summed E-state index contributed by atoms with van der Waals surface area (Å²) < 4.78 is 4.81. The van der Waals surface area contributed by atoms with Crippen molar-refractivity contribution in [1.82, 2.24) is 0 Å². The number of esters is 1. The van der Waals surface area contributed by atoms with Gasteiger partial charge >= 0.3 is 5.97 Å². The van der Waals surface area contributed by atoms with E-state index in [1.54, 1.807) is 31.2 Å². The summed E-state index contributed by atoms with van der Waals surface area (Å²) in [6.45, 7) is 3.10. The maximum atomic E-state index is 11.7. The summed E-state index contributed by atoms with van der Waals surface area (Å²) in [7, 11) is 0. The molecule has 4 nitrogen and oxygen atoms in total. The number of rotatable bonds is 5. The fourth-order valence-electron chi connectivity index (χ4n) is 1.51. The van der Waals surface area contributed by atoms with Crippen molar-refractivity contribution >= 4 is 29.1 Å². The monoisotopic (exact) mass is 267 g/mol. The molecular weight excluding hydrogens is 254 g/mol. The third-order valence-corrected chi connectivity index (χ3v) is 2.62. The van der Waals surface area contributed by atoms with Crippen molar-refractivity contribution < 1.29 is 14.3 Å². The molecule has 0 saturated carbocycles. The largest absolute Gasteiger partial charge is 0.465 e. The van der Waals surface area contributed by atoms with E-state index in [2.05, 4.69) is 0 Å². The second kappa shape index (κ2) is 6.31. The number of nitrogens with one attached hydrogen (secondary N) is 1. The number of carbonyl (C=O) groups excluding carboxylic acids is 2. The van der Waals surface area contributed by atoms with Crippen molar-refractivity contribution in [3.05, 3.63) is 34.9 Å². The van der Waals surface area contributed by atoms with Gasteiger partial charge in [-0.25, -0.2) is 0 Å². The second-order valence-corrected chi connectivity index (χ2v) is 4.15. The molecule has 0 saturated heterocycles. The number of hydrogen-bond donors (Lipinski definition) is 1. The van der Waals surface area contributed by atoms with Gasteiger partial charge in [-0.3, -0.25) is 9.59 Å². The van der Waals surface area contributed by atoms with Gasteiger partial charge in [0.25, 0.3) is 0 Å². The number of benzene rings is 1. The van der Waals surface area contributed by atoms with Crippen LogP contribution >= 0.6 is 11.6 Å². The predicted molar refractivity (Wildman–Crippen MR) is 69.1 cm³/mol. The molecule has 0 amide bonds. The molecule has 1 aromatic carbocycles. The molecule has 1 rings (SSSR count). The van der Waals surface area contributed by atoms with Gasteiger partial charge in [-0.1, -0.05) is 23.7 Å². The fraction of sp³-hybridized carbons (Fsp3) is 0.308. The van der Waals surface area contributed by atoms with Gasteiger partial charge in [0, 0.05) is 5.02 Å². The lowest BCUT2D eigenvalue weighted by atomic mass is 9.93. The fourth-order valence-corrected chi connectivity index (χ4v) is 1.63. The molecule has 0 bridgehead atoms. The summed E-state index contributed by atoms with van der Waals surface area (Å²) in [4.78, 5) is 23.1. The molecule has 1 atom stereocenters. The van der Waals surface area contributed by atoms with Gasteiger partial charge in [0.05, 0.1) is 12.3 Å². The second-order valence-electron chi connectivity index (χ2n) is 3.72. The van der Waals surface area contributed by atoms with E-state index in [1.807, 2.05) is 0 Å². The van der Waals surface area contributed by atoms with E-state index in [0.29, 0.717) is 10.6 Å². The topological polar surface area (TPSA) is 67.2 Å². The molecule has 0 fully saturated rings. The van der Waals surface area contributed by atoms with Gasteiger partial charge < -0.3 is 10.1 Å². The Morgan fingerprint density at radius 1 is 1.33 bits per heavy atom. The lowest BCUT2D eigenvalue weighted by Crippen LogP contribution is -2.32. The standard InChI is InChI=1S/C13H14ClNO3/c1-3-18-13(17)11(8(2)16)12(15)9-4-6-10(14)7-5-9/h4-7,11,15H,3H2,1-2H3. The Balaban J connectivity index is 3.00. The Morgan fingerprint density at radius 3 is 2.33 bits per heavy atom. The molecule has 0 aliphatic rings. The van der Waals surface area contributed by atoms with Gasteiger partial charge in [0.1, 0.15) is 5.78 Å². The van der Waals surface area contributed by atoms with Crippen LogP contribution in [0.15, 0.2) is 24.3 Å². The van der Waals surface area contributed by atoms with Crippen LogP contribution in [0.3, 0.4) is 0 Å². The van der Waals surface area contributed by atoms with Gasteiger partial charge in [0.2, 0.25) is 0 Å². The first-order valence-electron chi connectivity index (χ1n) is 5.48. The number of hydrogen-bond acceptors (Lipinski definition) is 4. The Morgan fingerprint density at radius 2 is 1.89 bits per heavy atom. The normalized spacial score (nSPS) is 11.7. The van der Waals surface area contributed by atoms with Crippen molar-refractivity contribution in [2.24, 2.45) is 5.92 Å². The lowest BCUT2D eigenvalue weighted by Gasteiger charge is -2.14. The van der Waals surface area contributed by atoms with E-state index < -0.39 is 17.7 Å². The molecule has 1 N–H and O–H groups in total. The minimum absolute atomic E-state index is 0.0717. The summed E-state index contributed by atoms with van der Waals surface area (Å²) in [5, 5.41) is 8.46. The highest BCUT2D eigenvalue weighted by molar-refractivity contribution is 6.31. The molecule has 18 heavy (non-hydrogen) atoms. The number of ether oxygens (including phenoxy) is 1. The third-order valence-electron chi connectivity index (χ3n) is 2.37. The average molecular weight is 268 g/mol. The summed E-state index contributed by atoms with van der Waals surface area (Å²) in [5.41, 5.74) is 0.408. The average Bonchev–Trinajstić information content (AvgIpc) is 2.29. The molecule has 0 spiro atoms. The van der Waals surface area contributed by atoms with Crippen LogP contribution in [0, 0.1) is 11.3 Å². The molecule has 1 aromatic rings. The van der Waals surface area contributed by atoms with Gasteiger partial charge in [-0.05, 0) is 31.5 Å². The summed E-state index contributed by atoms with van der Waals surface area (Å²) in [6.07, 6.45) is 0. The first-order valence-corrected chi connectivity index (χ1v) is 5.86. The van der Waals surface area contributed by atoms with Gasteiger partial charge in [-0.2, -0.15) is 0 Å². The summed E-state index contributed by atoms with van der Waals surface area (Å²) in [5.74, 6) is -2.27. The number of Topliss-reactive ketones (excluding diaryl/α,β-unsaturated/α-hetero) is 1. The highest BCUT2D eigenvalue weighted by Gasteiger charge is 2.30. The van der Waals surface area contributed by atoms with E-state index in [1.165, 1.54) is 6.92 Å². The van der Waals surface area contributed by atoms with Crippen molar-refractivity contribution in [3.8, 4) is 0 Å². The maximum Gasteiger partial charge on any atom is 0.322 e. The molecule has 5 heteroatoms. The zero-order chi connectivity index (χ0) is 13.7. The molecule has 1 unspecified atom stereocenters. The van der Waals surface area contributed by atoms with Gasteiger partial charge in [0.15, 0.2) is 5.92 Å². The quantitative estimate of drug-likeness (QED) is 0.506. The SMILES string of the molecule is CCOC(=O)C(C(=N)c1ccc(Cl)cc1)C(C)=O. The molecular formula is C13H14ClNO3. The first-order chi connectivity index (χ1) is 8.47. The van der Waals surface area contributed by atoms with Crippen LogP contribution < -0.4 is 0 Å². The predicted octanol–water partition coefficient (Wildman–Crippen LogP) is 2.48. The molecule has 0 aliphatic heterocycles. The smallest absolute Gasteiger partial charge is 0.322 e. The highest BCUT2D eigenvalue weighted by atomic mass is 35.5. The number of ketones is 1. The highest BCUT2D eigenvalue weighted by Crippen LogP contribution is 2.15. The number of halogens is 1. The summed E-state index contributed by atoms with van der Waals surface area (Å²) in [6, 6.07) is 6.40. The van der Waals surface area contributed by atoms with Crippen LogP contribution in [-0.4, -0.2) is 24.1 Å². The van der Waals surface area contributed by atoms with E-state index in [-0.39, 0.29) is 12.3 Å². The van der Waals surface area contributed by atoms with Crippen LogP contribution in [0.2, 0.25) is 5.02 Å². The van der Waals surface area contributed by atoms with Crippen LogP contribution in [0.4, 0.5) is 0 Å². The Labute approximate surface area is 110 Å². The molecule has 0 aromatic heterocycles. The van der Waals surface area contributed by atoms with Gasteiger partial charge in [-0.15, -0.1) is 0 Å². The summed E-state index contributed by atoms with van der Waals surface area (Å²) >= 11 is 5.74. The van der Waals surface area contributed by atoms with E-state index in [0.717, 1.165) is 0 Å². The minimum atomic E-state index is -1.17. The Hall–Kier alpha value is -1.68. The van der Waals surface area contributed by atoms with E-state index >= 15 is 0 Å². The molecule has 0 radical (unpaired) electrons. The van der Waals surface area contributed by atoms with Crippen LogP contribution in [0.5, 0.6) is 0 Å². The zero-order valence-electron chi connectivity index (χ0n) is 10.2. The third kappa shape index (κ3) is 3.40. The van der Waals surface area contributed by atoms with Crippen LogP contribution in [0.1, 0.15) is 19.4 Å². The number of carbonyl (C=O) groups is 2. The molecule has 0 heterocycles. The van der Waals surface area contributed by atoms with Crippen molar-refractivity contribution in [2.75, 3.05) is 6.61 Å². The Bertz CT molecular complexity index is 468. The maximum absolute atomic E-state index is 11.7. The van der Waals surface area contributed by atoms with Crippen LogP contribution in [0.25, 0.3) is 0 Å². The van der Waals surface area contributed by atoms with Crippen molar-refractivity contribution in [3.63, 3.8) is 0 Å². The van der Waals surface area contributed by atoms with Crippen LogP contribution in [-0.2, 0) is 14.3 Å². The van der Waals surface area contributed by atoms with E-state index in [9.17, 15) is 9.59 Å². The van der Waals surface area contributed by atoms with E-state index in [4.69, 9.17) is 21.7 Å². The molecule has 96 valence electrons. The molecule has 0 aliphatic carbocycles. The van der Waals surface area contributed by atoms with Crippen molar-refractivity contribution in [2.45, 2.75) is 13.8 Å². The first kappa shape index (κ1) is 14.4. The Kier molecular flexibility index (Phi) is 5.04.